The van der Waals surface area contributed by atoms with E-state index >= 15 is 0 Å². The quantitative estimate of drug-likeness (QED) is 0.418. The maximum absolute atomic E-state index is 11.4. The molecule has 3 amide bonds. The van der Waals surface area contributed by atoms with Gasteiger partial charge in [0, 0.05) is 0 Å². The molecule has 0 aromatic rings. The van der Waals surface area contributed by atoms with Crippen LogP contribution in [0.15, 0.2) is 0 Å². The first-order chi connectivity index (χ1) is 8.74. The van der Waals surface area contributed by atoms with Crippen LogP contribution in [0.4, 0.5) is 0 Å². The van der Waals surface area contributed by atoms with Crippen molar-refractivity contribution in [1.29, 1.82) is 0 Å². The van der Waals surface area contributed by atoms with E-state index in [0.717, 1.165) is 0 Å². The zero-order valence-corrected chi connectivity index (χ0v) is 16.8. The van der Waals surface area contributed by atoms with Crippen molar-refractivity contribution in [2.24, 2.45) is 5.41 Å². The first-order valence-electron chi connectivity index (χ1n) is 5.86. The molecule has 106 valence electrons. The Labute approximate surface area is 132 Å². The molecule has 3 N–H and O–H groups in total. The molecule has 0 aliphatic carbocycles. The van der Waals surface area contributed by atoms with Gasteiger partial charge in [-0.1, -0.05) is 20.8 Å². The molecular formula is C11H20N3O3STl. The van der Waals surface area contributed by atoms with Crippen LogP contribution in [-0.4, -0.2) is 67.4 Å². The summed E-state index contributed by atoms with van der Waals surface area (Å²) in [6, 6.07) is 0. The molecule has 0 radical (unpaired) electrons. The number of carbonyl (C=O) groups is 3. The third-order valence-electron chi connectivity index (χ3n) is 1.92. The van der Waals surface area contributed by atoms with Gasteiger partial charge in [-0.3, -0.25) is 0 Å². The molecule has 0 saturated heterocycles. The number of amides is 3. The molecule has 0 heterocycles. The SMILES string of the molecule is CC(C)(C)CNC(=O)CNC(=O)CNC(=O)C[S][Tl]. The van der Waals surface area contributed by atoms with Crippen molar-refractivity contribution in [3.05, 3.63) is 0 Å². The molecule has 0 spiro atoms. The van der Waals surface area contributed by atoms with E-state index in [0.29, 0.717) is 36.6 Å². The summed E-state index contributed by atoms with van der Waals surface area (Å²) in [5.74, 6) is -0.352. The second-order valence-corrected chi connectivity index (χ2v) is 9.71. The topological polar surface area (TPSA) is 87.3 Å². The fourth-order valence-corrected chi connectivity index (χ4v) is 2.99. The monoisotopic (exact) mass is 479 g/mol. The third-order valence-corrected chi connectivity index (χ3v) is 4.30. The van der Waals surface area contributed by atoms with E-state index in [9.17, 15) is 14.4 Å². The van der Waals surface area contributed by atoms with E-state index in [-0.39, 0.29) is 36.2 Å². The van der Waals surface area contributed by atoms with Crippen molar-refractivity contribution in [1.82, 2.24) is 16.0 Å². The summed E-state index contributed by atoms with van der Waals surface area (Å²) in [6.45, 7) is 6.43. The summed E-state index contributed by atoms with van der Waals surface area (Å²) in [4.78, 5) is 33.9. The zero-order valence-electron chi connectivity index (χ0n) is 11.5. The van der Waals surface area contributed by atoms with E-state index < -0.39 is 0 Å². The minimum absolute atomic E-state index is 0.00936. The van der Waals surface area contributed by atoms with Crippen molar-refractivity contribution in [2.75, 3.05) is 25.4 Å². The Morgan fingerprint density at radius 2 is 1.42 bits per heavy atom. The molecule has 0 unspecified atom stereocenters. The Bertz CT molecular complexity index is 332. The number of rotatable bonds is 7. The first kappa shape index (κ1) is 18.7. The number of hydrogen-bond donors (Lipinski definition) is 3. The van der Waals surface area contributed by atoms with Crippen LogP contribution in [0.5, 0.6) is 0 Å². The van der Waals surface area contributed by atoms with Crippen molar-refractivity contribution in [2.45, 2.75) is 20.8 Å². The molecule has 0 aliphatic heterocycles. The number of nitrogens with one attached hydrogen (secondary N) is 3. The molecule has 19 heavy (non-hydrogen) atoms. The average Bonchev–Trinajstić information content (AvgIpc) is 2.30. The van der Waals surface area contributed by atoms with Gasteiger partial charge in [-0.25, -0.2) is 0 Å². The van der Waals surface area contributed by atoms with Gasteiger partial charge >= 0.3 is 111 Å². The Morgan fingerprint density at radius 3 is 1.89 bits per heavy atom. The molecule has 8 heteroatoms. The van der Waals surface area contributed by atoms with Gasteiger partial charge in [-0.15, -0.1) is 0 Å². The standard InChI is InChI=1S/C11H21N3O3S.Tl/c1-11(2,3)7-14-9(16)5-12-8(15)4-13-10(17)6-18;/h18H,4-7H2,1-3H3,(H,12,15)(H,13,17)(H,14,16);/q;+1/p-1. The minimum atomic E-state index is -0.361. The van der Waals surface area contributed by atoms with Crippen molar-refractivity contribution >= 4 is 50.3 Å². The van der Waals surface area contributed by atoms with Gasteiger partial charge in [-0.05, 0) is 0 Å². The molecular weight excluding hydrogens is 459 g/mol. The molecule has 0 bridgehead atoms. The summed E-state index contributed by atoms with van der Waals surface area (Å²) in [6.07, 6.45) is 0. The molecule has 0 fully saturated rings. The summed E-state index contributed by atoms with van der Waals surface area (Å²) in [7, 11) is 1.55. The van der Waals surface area contributed by atoms with Crippen LogP contribution in [0, 0.1) is 5.41 Å². The van der Waals surface area contributed by atoms with Gasteiger partial charge in [0.25, 0.3) is 0 Å². The zero-order chi connectivity index (χ0) is 14.9. The van der Waals surface area contributed by atoms with Gasteiger partial charge in [0.15, 0.2) is 0 Å². The molecule has 0 aliphatic rings. The van der Waals surface area contributed by atoms with Crippen LogP contribution < -0.4 is 16.0 Å². The summed E-state index contributed by atoms with van der Waals surface area (Å²) in [5.41, 5.74) is 0.00936. The molecule has 0 rings (SSSR count). The van der Waals surface area contributed by atoms with E-state index in [1.807, 2.05) is 20.8 Å². The number of carbonyl (C=O) groups excluding carboxylic acids is 3. The van der Waals surface area contributed by atoms with Crippen molar-refractivity contribution in [3.63, 3.8) is 0 Å². The van der Waals surface area contributed by atoms with E-state index in [2.05, 4.69) is 16.0 Å². The van der Waals surface area contributed by atoms with E-state index in [1.165, 1.54) is 0 Å². The van der Waals surface area contributed by atoms with Crippen LogP contribution >= 0.6 is 8.31 Å². The van der Waals surface area contributed by atoms with Crippen LogP contribution in [-0.2, 0) is 14.4 Å². The number of hydrogen-bond acceptors (Lipinski definition) is 4. The van der Waals surface area contributed by atoms with E-state index in [1.54, 1.807) is 8.31 Å². The van der Waals surface area contributed by atoms with Crippen molar-refractivity contribution < 1.29 is 14.4 Å². The molecule has 6 nitrogen and oxygen atoms in total. The normalized spacial score (nSPS) is 10.6. The van der Waals surface area contributed by atoms with Crippen LogP contribution in [0.25, 0.3) is 0 Å². The Balaban J connectivity index is 3.73. The average molecular weight is 479 g/mol. The van der Waals surface area contributed by atoms with Crippen molar-refractivity contribution in [3.8, 4) is 0 Å². The first-order valence-corrected chi connectivity index (χ1v) is 12.4. The molecule has 0 aromatic carbocycles. The third kappa shape index (κ3) is 12.5. The van der Waals surface area contributed by atoms with Crippen LogP contribution in [0.1, 0.15) is 20.8 Å². The van der Waals surface area contributed by atoms with Gasteiger partial charge < -0.3 is 0 Å². The molecule has 0 saturated carbocycles. The van der Waals surface area contributed by atoms with Gasteiger partial charge in [-0.2, -0.15) is 0 Å². The van der Waals surface area contributed by atoms with Crippen LogP contribution in [0.3, 0.4) is 0 Å². The second kappa shape index (κ2) is 9.56. The van der Waals surface area contributed by atoms with Crippen LogP contribution in [0.2, 0.25) is 0 Å². The fraction of sp³-hybridized carbons (Fsp3) is 0.727. The molecule has 0 atom stereocenters. The summed E-state index contributed by atoms with van der Waals surface area (Å²) in [5, 5.41) is 7.66. The predicted octanol–water partition coefficient (Wildman–Crippen LogP) is -0.802. The molecule has 0 aromatic heterocycles. The summed E-state index contributed by atoms with van der Waals surface area (Å²) < 4.78 is 0. The predicted molar refractivity (Wildman–Crippen MR) is 76.7 cm³/mol. The van der Waals surface area contributed by atoms with Gasteiger partial charge in [0.1, 0.15) is 0 Å². The Kier molecular flexibility index (Phi) is 9.40. The second-order valence-electron chi connectivity index (χ2n) is 5.20. The Morgan fingerprint density at radius 1 is 0.947 bits per heavy atom. The van der Waals surface area contributed by atoms with Gasteiger partial charge in [0.2, 0.25) is 0 Å². The Hall–Kier alpha value is -0.318. The van der Waals surface area contributed by atoms with E-state index in [4.69, 9.17) is 0 Å². The summed E-state index contributed by atoms with van der Waals surface area (Å²) >= 11 is 0.705. The van der Waals surface area contributed by atoms with Gasteiger partial charge in [0.05, 0.1) is 0 Å². The fourth-order valence-electron chi connectivity index (χ4n) is 0.973. The maximum atomic E-state index is 11.4.